The van der Waals surface area contributed by atoms with Crippen LogP contribution in [0.5, 0.6) is 0 Å². The first-order chi connectivity index (χ1) is 8.74. The van der Waals surface area contributed by atoms with Crippen LogP contribution >= 0.6 is 11.6 Å². The highest BCUT2D eigenvalue weighted by Gasteiger charge is 2.13. The Kier molecular flexibility index (Phi) is 2.97. The average Bonchev–Trinajstić information content (AvgIpc) is 2.41. The van der Waals surface area contributed by atoms with E-state index in [-0.39, 0.29) is 5.02 Å². The zero-order chi connectivity index (χ0) is 12.5. The van der Waals surface area contributed by atoms with Crippen LogP contribution in [0.15, 0.2) is 24.4 Å². The molecule has 3 nitrogen and oxygen atoms in total. The van der Waals surface area contributed by atoms with E-state index in [9.17, 15) is 4.39 Å². The van der Waals surface area contributed by atoms with Crippen molar-refractivity contribution in [2.75, 3.05) is 6.54 Å². The van der Waals surface area contributed by atoms with Crippen LogP contribution in [-0.4, -0.2) is 16.5 Å². The van der Waals surface area contributed by atoms with Gasteiger partial charge in [-0.25, -0.2) is 14.4 Å². The highest BCUT2D eigenvalue weighted by Crippen LogP contribution is 2.23. The van der Waals surface area contributed by atoms with Gasteiger partial charge in [-0.05, 0) is 18.2 Å². The molecule has 1 aromatic carbocycles. The van der Waals surface area contributed by atoms with Gasteiger partial charge in [-0.15, -0.1) is 0 Å². The second-order valence-corrected chi connectivity index (χ2v) is 4.63. The molecule has 0 spiro atoms. The van der Waals surface area contributed by atoms with Gasteiger partial charge in [0, 0.05) is 36.8 Å². The second-order valence-electron chi connectivity index (χ2n) is 4.22. The monoisotopic (exact) mass is 263 g/mol. The molecule has 5 heteroatoms. The molecule has 1 aliphatic heterocycles. The van der Waals surface area contributed by atoms with Crippen molar-refractivity contribution in [1.29, 1.82) is 0 Å². The Morgan fingerprint density at radius 2 is 2.22 bits per heavy atom. The molecule has 0 atom stereocenters. The van der Waals surface area contributed by atoms with Crippen LogP contribution in [0.2, 0.25) is 5.02 Å². The molecule has 92 valence electrons. The third-order valence-corrected chi connectivity index (χ3v) is 3.28. The van der Waals surface area contributed by atoms with Crippen molar-refractivity contribution < 1.29 is 4.39 Å². The van der Waals surface area contributed by atoms with E-state index < -0.39 is 5.82 Å². The van der Waals surface area contributed by atoms with Crippen LogP contribution in [-0.2, 0) is 13.0 Å². The van der Waals surface area contributed by atoms with E-state index in [1.165, 1.54) is 6.07 Å². The first kappa shape index (κ1) is 11.6. The van der Waals surface area contributed by atoms with E-state index in [1.54, 1.807) is 12.1 Å². The fourth-order valence-corrected chi connectivity index (χ4v) is 2.19. The summed E-state index contributed by atoms with van der Waals surface area (Å²) in [5.74, 6) is 0.167. The van der Waals surface area contributed by atoms with Gasteiger partial charge in [0.25, 0.3) is 0 Å². The van der Waals surface area contributed by atoms with Gasteiger partial charge in [0.15, 0.2) is 5.82 Å². The average molecular weight is 264 g/mol. The lowest BCUT2D eigenvalue weighted by molar-refractivity contribution is 0.625. The Bertz CT molecular complexity index is 601. The highest BCUT2D eigenvalue weighted by atomic mass is 35.5. The molecular formula is C13H11ClFN3. The van der Waals surface area contributed by atoms with Crippen LogP contribution in [0.4, 0.5) is 4.39 Å². The summed E-state index contributed by atoms with van der Waals surface area (Å²) in [6.45, 7) is 1.73. The largest absolute Gasteiger partial charge is 0.312 e. The maximum Gasteiger partial charge on any atom is 0.159 e. The minimum atomic E-state index is -0.428. The van der Waals surface area contributed by atoms with E-state index in [1.807, 2.05) is 6.20 Å². The molecule has 2 heterocycles. The molecule has 0 fully saturated rings. The van der Waals surface area contributed by atoms with Crippen molar-refractivity contribution in [1.82, 2.24) is 15.3 Å². The Morgan fingerprint density at radius 1 is 1.33 bits per heavy atom. The van der Waals surface area contributed by atoms with E-state index in [0.29, 0.717) is 5.82 Å². The Hall–Kier alpha value is -1.52. The number of nitrogens with zero attached hydrogens (tertiary/aromatic N) is 2. The number of hydrogen-bond acceptors (Lipinski definition) is 3. The summed E-state index contributed by atoms with van der Waals surface area (Å²) in [7, 11) is 0. The van der Waals surface area contributed by atoms with Crippen LogP contribution in [0.25, 0.3) is 11.4 Å². The third kappa shape index (κ3) is 2.09. The molecule has 0 aliphatic carbocycles. The normalized spacial score (nSPS) is 14.3. The van der Waals surface area contributed by atoms with E-state index >= 15 is 0 Å². The lowest BCUT2D eigenvalue weighted by Crippen LogP contribution is -2.24. The van der Waals surface area contributed by atoms with E-state index in [2.05, 4.69) is 15.3 Å². The number of nitrogens with one attached hydrogen (secondary N) is 1. The number of hydrogen-bond donors (Lipinski definition) is 1. The quantitative estimate of drug-likeness (QED) is 0.859. The number of aromatic nitrogens is 2. The molecule has 0 amide bonds. The SMILES string of the molecule is Fc1ccc(-c2ncc3c(n2)CCNC3)cc1Cl. The molecule has 0 radical (unpaired) electrons. The number of halogens is 2. The first-order valence-electron chi connectivity index (χ1n) is 5.75. The van der Waals surface area contributed by atoms with E-state index in [4.69, 9.17) is 11.6 Å². The maximum atomic E-state index is 13.1. The highest BCUT2D eigenvalue weighted by molar-refractivity contribution is 6.31. The van der Waals surface area contributed by atoms with Crippen LogP contribution < -0.4 is 5.32 Å². The Balaban J connectivity index is 2.03. The molecule has 0 saturated carbocycles. The first-order valence-corrected chi connectivity index (χ1v) is 6.13. The van der Waals surface area contributed by atoms with Crippen LogP contribution in [0.1, 0.15) is 11.3 Å². The fraction of sp³-hybridized carbons (Fsp3) is 0.231. The molecule has 18 heavy (non-hydrogen) atoms. The number of fused-ring (bicyclic) bond motifs is 1. The summed E-state index contributed by atoms with van der Waals surface area (Å²) in [6, 6.07) is 4.53. The summed E-state index contributed by atoms with van der Waals surface area (Å²) < 4.78 is 13.1. The van der Waals surface area contributed by atoms with Crippen molar-refractivity contribution in [3.05, 3.63) is 46.5 Å². The zero-order valence-electron chi connectivity index (χ0n) is 9.58. The molecule has 0 bridgehead atoms. The molecule has 2 aromatic rings. The smallest absolute Gasteiger partial charge is 0.159 e. The van der Waals surface area contributed by atoms with E-state index in [0.717, 1.165) is 36.3 Å². The summed E-state index contributed by atoms with van der Waals surface area (Å²) in [5, 5.41) is 3.36. The molecule has 1 N–H and O–H groups in total. The van der Waals surface area contributed by atoms with Crippen molar-refractivity contribution >= 4 is 11.6 Å². The molecule has 3 rings (SSSR count). The van der Waals surface area contributed by atoms with Gasteiger partial charge in [-0.2, -0.15) is 0 Å². The second kappa shape index (κ2) is 4.63. The zero-order valence-corrected chi connectivity index (χ0v) is 10.3. The minimum absolute atomic E-state index is 0.0930. The summed E-state index contributed by atoms with van der Waals surface area (Å²) in [5.41, 5.74) is 2.92. The number of benzene rings is 1. The van der Waals surface area contributed by atoms with Gasteiger partial charge >= 0.3 is 0 Å². The lowest BCUT2D eigenvalue weighted by Gasteiger charge is -2.16. The van der Waals surface area contributed by atoms with Gasteiger partial charge in [0.05, 0.1) is 10.7 Å². The molecule has 0 unspecified atom stereocenters. The van der Waals surface area contributed by atoms with Gasteiger partial charge in [-0.1, -0.05) is 11.6 Å². The molecule has 1 aliphatic rings. The van der Waals surface area contributed by atoms with Gasteiger partial charge < -0.3 is 5.32 Å². The van der Waals surface area contributed by atoms with Gasteiger partial charge in [0.1, 0.15) is 5.82 Å². The predicted molar refractivity (Wildman–Crippen MR) is 67.8 cm³/mol. The molecular weight excluding hydrogens is 253 g/mol. The minimum Gasteiger partial charge on any atom is -0.312 e. The van der Waals surface area contributed by atoms with Crippen LogP contribution in [0, 0.1) is 5.82 Å². The Labute approximate surface area is 109 Å². The lowest BCUT2D eigenvalue weighted by atomic mass is 10.1. The molecule has 1 aromatic heterocycles. The topological polar surface area (TPSA) is 37.8 Å². The van der Waals surface area contributed by atoms with Crippen molar-refractivity contribution in [3.8, 4) is 11.4 Å². The standard InChI is InChI=1S/C13H11ClFN3/c14-10-5-8(1-2-11(10)15)13-17-7-9-6-16-4-3-12(9)18-13/h1-2,5,7,16H,3-4,6H2. The predicted octanol–water partition coefficient (Wildman–Crippen LogP) is 2.58. The summed E-state index contributed by atoms with van der Waals surface area (Å²) in [6.07, 6.45) is 2.71. The number of rotatable bonds is 1. The summed E-state index contributed by atoms with van der Waals surface area (Å²) in [4.78, 5) is 8.82. The fourth-order valence-electron chi connectivity index (χ4n) is 2.01. The van der Waals surface area contributed by atoms with Gasteiger partial charge in [0.2, 0.25) is 0 Å². The summed E-state index contributed by atoms with van der Waals surface area (Å²) >= 11 is 5.77. The Morgan fingerprint density at radius 3 is 3.06 bits per heavy atom. The third-order valence-electron chi connectivity index (χ3n) is 2.99. The molecule has 0 saturated heterocycles. The van der Waals surface area contributed by atoms with Crippen molar-refractivity contribution in [2.45, 2.75) is 13.0 Å². The van der Waals surface area contributed by atoms with Crippen molar-refractivity contribution in [3.63, 3.8) is 0 Å². The van der Waals surface area contributed by atoms with Gasteiger partial charge in [-0.3, -0.25) is 0 Å². The van der Waals surface area contributed by atoms with Crippen molar-refractivity contribution in [2.24, 2.45) is 0 Å². The maximum absolute atomic E-state index is 13.1. The van der Waals surface area contributed by atoms with Crippen LogP contribution in [0.3, 0.4) is 0 Å².